The SMILES string of the molecule is Cc1ccccc1CN(C(=O)CN(c1cccc(Cl)c1)S(C)(=O)=O)[C@H](Cc1ccccc1)C(=O)NC(C)(C)C. The molecule has 0 saturated heterocycles. The van der Waals surface area contributed by atoms with Gasteiger partial charge in [-0.15, -0.1) is 0 Å². The molecule has 0 fully saturated rings. The second kappa shape index (κ2) is 12.7. The van der Waals surface area contributed by atoms with Gasteiger partial charge in [-0.2, -0.15) is 0 Å². The normalized spacial score (nSPS) is 12.5. The molecule has 0 unspecified atom stereocenters. The number of aryl methyl sites for hydroxylation is 1. The Labute approximate surface area is 236 Å². The minimum absolute atomic E-state index is 0.133. The first-order valence-electron chi connectivity index (χ1n) is 12.7. The number of benzene rings is 3. The minimum Gasteiger partial charge on any atom is -0.350 e. The second-order valence-electron chi connectivity index (χ2n) is 10.6. The summed E-state index contributed by atoms with van der Waals surface area (Å²) < 4.78 is 26.7. The van der Waals surface area contributed by atoms with Crippen molar-refractivity contribution in [2.75, 3.05) is 17.1 Å². The van der Waals surface area contributed by atoms with E-state index in [4.69, 9.17) is 11.6 Å². The molecule has 3 aromatic rings. The van der Waals surface area contributed by atoms with Gasteiger partial charge in [0.15, 0.2) is 0 Å². The third-order valence-electron chi connectivity index (χ3n) is 6.15. The zero-order valence-corrected chi connectivity index (χ0v) is 24.6. The fourth-order valence-corrected chi connectivity index (χ4v) is 5.25. The fourth-order valence-electron chi connectivity index (χ4n) is 4.22. The number of carbonyl (C=O) groups excluding carboxylic acids is 2. The molecule has 0 aromatic heterocycles. The van der Waals surface area contributed by atoms with Crippen molar-refractivity contribution in [2.45, 2.75) is 52.2 Å². The first kappa shape index (κ1) is 30.2. The zero-order chi connectivity index (χ0) is 28.8. The maximum absolute atomic E-state index is 14.1. The summed E-state index contributed by atoms with van der Waals surface area (Å²) >= 11 is 6.14. The topological polar surface area (TPSA) is 86.8 Å². The maximum atomic E-state index is 14.1. The van der Waals surface area contributed by atoms with Gasteiger partial charge in [0.05, 0.1) is 11.9 Å². The highest BCUT2D eigenvalue weighted by molar-refractivity contribution is 7.92. The number of carbonyl (C=O) groups is 2. The van der Waals surface area contributed by atoms with E-state index in [1.807, 2.05) is 82.3 Å². The molecular weight excluding hydrogens is 534 g/mol. The van der Waals surface area contributed by atoms with Crippen molar-refractivity contribution in [1.82, 2.24) is 10.2 Å². The molecule has 1 atom stereocenters. The molecule has 9 heteroatoms. The third kappa shape index (κ3) is 8.83. The van der Waals surface area contributed by atoms with Crippen molar-refractivity contribution in [2.24, 2.45) is 0 Å². The van der Waals surface area contributed by atoms with Crippen LogP contribution < -0.4 is 9.62 Å². The number of nitrogens with one attached hydrogen (secondary N) is 1. The van der Waals surface area contributed by atoms with Crippen LogP contribution in [0.2, 0.25) is 5.02 Å². The van der Waals surface area contributed by atoms with E-state index in [9.17, 15) is 18.0 Å². The van der Waals surface area contributed by atoms with Crippen molar-refractivity contribution in [3.63, 3.8) is 0 Å². The van der Waals surface area contributed by atoms with Crippen LogP contribution in [0.5, 0.6) is 0 Å². The summed E-state index contributed by atoms with van der Waals surface area (Å²) in [6.07, 6.45) is 1.30. The van der Waals surface area contributed by atoms with E-state index in [1.165, 1.54) is 11.0 Å². The number of sulfonamides is 1. The van der Waals surface area contributed by atoms with Crippen LogP contribution in [0, 0.1) is 6.92 Å². The smallest absolute Gasteiger partial charge is 0.244 e. The van der Waals surface area contributed by atoms with E-state index in [0.717, 1.165) is 27.3 Å². The number of nitrogens with zero attached hydrogens (tertiary/aromatic N) is 2. The van der Waals surface area contributed by atoms with Crippen LogP contribution in [-0.2, 0) is 32.6 Å². The van der Waals surface area contributed by atoms with Crippen molar-refractivity contribution >= 4 is 39.1 Å². The van der Waals surface area contributed by atoms with E-state index in [0.29, 0.717) is 5.02 Å². The van der Waals surface area contributed by atoms with Crippen LogP contribution in [0.15, 0.2) is 78.9 Å². The van der Waals surface area contributed by atoms with Gasteiger partial charge in [-0.3, -0.25) is 13.9 Å². The largest absolute Gasteiger partial charge is 0.350 e. The number of amides is 2. The van der Waals surface area contributed by atoms with Gasteiger partial charge in [-0.05, 0) is 62.6 Å². The lowest BCUT2D eigenvalue weighted by Crippen LogP contribution is -2.56. The van der Waals surface area contributed by atoms with Crippen LogP contribution in [0.4, 0.5) is 5.69 Å². The summed E-state index contributed by atoms with van der Waals surface area (Å²) in [5.41, 5.74) is 2.43. The van der Waals surface area contributed by atoms with Crippen LogP contribution >= 0.6 is 11.6 Å². The maximum Gasteiger partial charge on any atom is 0.244 e. The standard InChI is InChI=1S/C30H36ClN3O4S/c1-22-12-9-10-15-24(22)20-33(27(29(36)32-30(2,3)4)18-23-13-7-6-8-14-23)28(35)21-34(39(5,37)38)26-17-11-16-25(31)19-26/h6-17,19,27H,18,20-21H2,1-5H3,(H,32,36)/t27-/m1/s1. The van der Waals surface area contributed by atoms with Gasteiger partial charge in [0.2, 0.25) is 21.8 Å². The second-order valence-corrected chi connectivity index (χ2v) is 13.0. The molecule has 0 bridgehead atoms. The Kier molecular flexibility index (Phi) is 9.80. The Hall–Kier alpha value is -3.36. The van der Waals surface area contributed by atoms with Gasteiger partial charge in [0.1, 0.15) is 12.6 Å². The van der Waals surface area contributed by atoms with Crippen LogP contribution in [0.3, 0.4) is 0 Å². The molecule has 1 N–H and O–H groups in total. The summed E-state index contributed by atoms with van der Waals surface area (Å²) in [6.45, 7) is 7.22. The van der Waals surface area contributed by atoms with E-state index >= 15 is 0 Å². The van der Waals surface area contributed by atoms with Crippen molar-refractivity contribution in [1.29, 1.82) is 0 Å². The quantitative estimate of drug-likeness (QED) is 0.373. The molecule has 0 aliphatic heterocycles. The molecule has 0 heterocycles. The molecule has 0 aliphatic carbocycles. The Balaban J connectivity index is 2.09. The predicted molar refractivity (Wildman–Crippen MR) is 157 cm³/mol. The lowest BCUT2D eigenvalue weighted by atomic mass is 10.00. The number of hydrogen-bond donors (Lipinski definition) is 1. The highest BCUT2D eigenvalue weighted by atomic mass is 35.5. The highest BCUT2D eigenvalue weighted by Crippen LogP contribution is 2.24. The number of rotatable bonds is 10. The first-order valence-corrected chi connectivity index (χ1v) is 14.9. The van der Waals surface area contributed by atoms with Gasteiger partial charge in [0.25, 0.3) is 0 Å². The van der Waals surface area contributed by atoms with E-state index in [2.05, 4.69) is 5.32 Å². The molecular formula is C30H36ClN3O4S. The van der Waals surface area contributed by atoms with Crippen molar-refractivity contribution in [3.8, 4) is 0 Å². The van der Waals surface area contributed by atoms with Gasteiger partial charge >= 0.3 is 0 Å². The summed E-state index contributed by atoms with van der Waals surface area (Å²) in [6, 6.07) is 22.5. The molecule has 39 heavy (non-hydrogen) atoms. The zero-order valence-electron chi connectivity index (χ0n) is 23.0. The molecule has 2 amide bonds. The van der Waals surface area contributed by atoms with Gasteiger partial charge in [-0.1, -0.05) is 72.3 Å². The van der Waals surface area contributed by atoms with Crippen LogP contribution in [0.1, 0.15) is 37.5 Å². The van der Waals surface area contributed by atoms with E-state index in [-0.39, 0.29) is 24.6 Å². The van der Waals surface area contributed by atoms with Gasteiger partial charge in [0, 0.05) is 23.5 Å². The number of anilines is 1. The Bertz CT molecular complexity index is 1400. The summed E-state index contributed by atoms with van der Waals surface area (Å²) in [5.74, 6) is -0.824. The fraction of sp³-hybridized carbons (Fsp3) is 0.333. The Morgan fingerprint density at radius 3 is 2.18 bits per heavy atom. The summed E-state index contributed by atoms with van der Waals surface area (Å²) in [5, 5.41) is 3.36. The van der Waals surface area contributed by atoms with E-state index in [1.54, 1.807) is 18.2 Å². The molecule has 0 saturated carbocycles. The number of halogens is 1. The monoisotopic (exact) mass is 569 g/mol. The highest BCUT2D eigenvalue weighted by Gasteiger charge is 2.34. The Morgan fingerprint density at radius 2 is 1.59 bits per heavy atom. The van der Waals surface area contributed by atoms with E-state index < -0.39 is 34.1 Å². The lowest BCUT2D eigenvalue weighted by Gasteiger charge is -2.35. The molecule has 208 valence electrons. The van der Waals surface area contributed by atoms with Crippen molar-refractivity contribution < 1.29 is 18.0 Å². The van der Waals surface area contributed by atoms with Crippen LogP contribution in [0.25, 0.3) is 0 Å². The average Bonchev–Trinajstić information content (AvgIpc) is 2.84. The molecule has 3 rings (SSSR count). The molecule has 0 spiro atoms. The summed E-state index contributed by atoms with van der Waals surface area (Å²) in [7, 11) is -3.85. The molecule has 0 radical (unpaired) electrons. The Morgan fingerprint density at radius 1 is 0.949 bits per heavy atom. The predicted octanol–water partition coefficient (Wildman–Crippen LogP) is 4.97. The number of hydrogen-bond acceptors (Lipinski definition) is 4. The van der Waals surface area contributed by atoms with Crippen LogP contribution in [-0.4, -0.2) is 49.5 Å². The molecule has 7 nitrogen and oxygen atoms in total. The molecule has 3 aromatic carbocycles. The van der Waals surface area contributed by atoms with Crippen molar-refractivity contribution in [3.05, 3.63) is 101 Å². The third-order valence-corrected chi connectivity index (χ3v) is 7.52. The first-order chi connectivity index (χ1) is 18.2. The summed E-state index contributed by atoms with van der Waals surface area (Å²) in [4.78, 5) is 29.3. The molecule has 0 aliphatic rings. The minimum atomic E-state index is -3.85. The van der Waals surface area contributed by atoms with Gasteiger partial charge < -0.3 is 10.2 Å². The van der Waals surface area contributed by atoms with Gasteiger partial charge in [-0.25, -0.2) is 8.42 Å². The lowest BCUT2D eigenvalue weighted by molar-refractivity contribution is -0.140. The average molecular weight is 570 g/mol.